The zero-order valence-corrected chi connectivity index (χ0v) is 6.56. The molecule has 4 heteroatoms. The summed E-state index contributed by atoms with van der Waals surface area (Å²) in [5, 5.41) is 13.5. The topological polar surface area (TPSA) is 57.5 Å². The third-order valence-electron chi connectivity index (χ3n) is 0.676. The van der Waals surface area contributed by atoms with Crippen LogP contribution in [-0.4, -0.2) is 25.2 Å². The SMILES string of the molecule is CNCC(=N)ON=C(C)C. The second-order valence-electron chi connectivity index (χ2n) is 2.08. The van der Waals surface area contributed by atoms with Gasteiger partial charge in [-0.2, -0.15) is 0 Å². The highest BCUT2D eigenvalue weighted by atomic mass is 16.6. The minimum atomic E-state index is 0.128. The van der Waals surface area contributed by atoms with Crippen LogP contribution in [0.2, 0.25) is 0 Å². The van der Waals surface area contributed by atoms with Crippen LogP contribution >= 0.6 is 0 Å². The lowest BCUT2D eigenvalue weighted by Crippen LogP contribution is -2.18. The van der Waals surface area contributed by atoms with Crippen LogP contribution in [0.1, 0.15) is 13.8 Å². The summed E-state index contributed by atoms with van der Waals surface area (Å²) in [7, 11) is 1.75. The monoisotopic (exact) mass is 143 g/mol. The molecule has 58 valence electrons. The zero-order chi connectivity index (χ0) is 7.98. The Bertz CT molecular complexity index is 138. The van der Waals surface area contributed by atoms with E-state index < -0.39 is 0 Å². The first-order valence-electron chi connectivity index (χ1n) is 3.07. The highest BCUT2D eigenvalue weighted by molar-refractivity contribution is 5.80. The van der Waals surface area contributed by atoms with Gasteiger partial charge in [0.25, 0.3) is 0 Å². The molecule has 0 aliphatic carbocycles. The third-order valence-corrected chi connectivity index (χ3v) is 0.676. The normalized spacial score (nSPS) is 8.70. The van der Waals surface area contributed by atoms with Crippen molar-refractivity contribution >= 4 is 11.6 Å². The average molecular weight is 143 g/mol. The lowest BCUT2D eigenvalue weighted by molar-refractivity contribution is 0.316. The molecule has 0 amide bonds. The fourth-order valence-electron chi connectivity index (χ4n) is 0.339. The molecule has 0 atom stereocenters. The summed E-state index contributed by atoms with van der Waals surface area (Å²) in [6.07, 6.45) is 0. The predicted molar refractivity (Wildman–Crippen MR) is 41.5 cm³/mol. The van der Waals surface area contributed by atoms with Crippen molar-refractivity contribution in [3.05, 3.63) is 0 Å². The summed E-state index contributed by atoms with van der Waals surface area (Å²) in [5.74, 6) is 0.128. The molecule has 0 aromatic rings. The minimum absolute atomic E-state index is 0.128. The van der Waals surface area contributed by atoms with Gasteiger partial charge in [-0.05, 0) is 20.9 Å². The van der Waals surface area contributed by atoms with Crippen molar-refractivity contribution in [3.8, 4) is 0 Å². The first-order chi connectivity index (χ1) is 4.66. The largest absolute Gasteiger partial charge is 0.341 e. The maximum absolute atomic E-state index is 7.09. The number of likely N-dealkylation sites (N-methyl/N-ethyl adjacent to an activating group) is 1. The lowest BCUT2D eigenvalue weighted by Gasteiger charge is -1.98. The number of oxime groups is 1. The second-order valence-corrected chi connectivity index (χ2v) is 2.08. The van der Waals surface area contributed by atoms with Gasteiger partial charge < -0.3 is 10.2 Å². The van der Waals surface area contributed by atoms with E-state index in [0.717, 1.165) is 5.71 Å². The van der Waals surface area contributed by atoms with Gasteiger partial charge in [0, 0.05) is 0 Å². The Balaban J connectivity index is 3.49. The maximum Gasteiger partial charge on any atom is 0.231 e. The molecule has 0 aliphatic heterocycles. The van der Waals surface area contributed by atoms with Crippen molar-refractivity contribution in [2.75, 3.05) is 13.6 Å². The Kier molecular flexibility index (Phi) is 4.49. The Morgan fingerprint density at radius 2 is 2.20 bits per heavy atom. The predicted octanol–water partition coefficient (Wildman–Crippen LogP) is 0.595. The van der Waals surface area contributed by atoms with Gasteiger partial charge in [0.05, 0.1) is 12.3 Å². The number of hydrogen-bond donors (Lipinski definition) is 2. The maximum atomic E-state index is 7.09. The first kappa shape index (κ1) is 9.10. The molecular formula is C6H13N3O. The summed E-state index contributed by atoms with van der Waals surface area (Å²) in [6, 6.07) is 0. The van der Waals surface area contributed by atoms with Crippen molar-refractivity contribution in [1.29, 1.82) is 5.41 Å². The van der Waals surface area contributed by atoms with Crippen molar-refractivity contribution < 1.29 is 4.84 Å². The number of nitrogens with one attached hydrogen (secondary N) is 2. The number of nitrogens with zero attached hydrogens (tertiary/aromatic N) is 1. The third kappa shape index (κ3) is 5.24. The van der Waals surface area contributed by atoms with Crippen LogP contribution in [0, 0.1) is 5.41 Å². The molecule has 0 radical (unpaired) electrons. The molecule has 0 unspecified atom stereocenters. The molecule has 0 saturated heterocycles. The Labute approximate surface area is 60.8 Å². The van der Waals surface area contributed by atoms with Crippen LogP contribution in [0.4, 0.5) is 0 Å². The molecule has 10 heavy (non-hydrogen) atoms. The quantitative estimate of drug-likeness (QED) is 0.345. The van der Waals surface area contributed by atoms with E-state index >= 15 is 0 Å². The molecule has 0 spiro atoms. The van der Waals surface area contributed by atoms with E-state index in [1.165, 1.54) is 0 Å². The summed E-state index contributed by atoms with van der Waals surface area (Å²) in [6.45, 7) is 4.04. The fraction of sp³-hybridized carbons (Fsp3) is 0.667. The molecule has 0 fully saturated rings. The van der Waals surface area contributed by atoms with Crippen LogP contribution in [0.25, 0.3) is 0 Å². The van der Waals surface area contributed by atoms with Gasteiger partial charge in [-0.1, -0.05) is 5.16 Å². The Morgan fingerprint density at radius 3 is 2.60 bits per heavy atom. The van der Waals surface area contributed by atoms with Gasteiger partial charge in [0.15, 0.2) is 0 Å². The average Bonchev–Trinajstić information content (AvgIpc) is 1.85. The highest BCUT2D eigenvalue weighted by Gasteiger charge is 1.92. The van der Waals surface area contributed by atoms with E-state index in [9.17, 15) is 0 Å². The van der Waals surface area contributed by atoms with E-state index in [-0.39, 0.29) is 5.90 Å². The lowest BCUT2D eigenvalue weighted by atomic mass is 10.5. The summed E-state index contributed by atoms with van der Waals surface area (Å²) in [5.41, 5.74) is 0.806. The molecule has 0 aromatic heterocycles. The van der Waals surface area contributed by atoms with Gasteiger partial charge in [0.1, 0.15) is 0 Å². The molecule has 0 aromatic carbocycles. The van der Waals surface area contributed by atoms with Gasteiger partial charge in [-0.3, -0.25) is 5.41 Å². The molecule has 0 bridgehead atoms. The van der Waals surface area contributed by atoms with Crippen LogP contribution in [0.5, 0.6) is 0 Å². The minimum Gasteiger partial charge on any atom is -0.341 e. The molecule has 0 heterocycles. The number of rotatable bonds is 3. The molecular weight excluding hydrogens is 130 g/mol. The van der Waals surface area contributed by atoms with E-state index in [2.05, 4.69) is 15.3 Å². The van der Waals surface area contributed by atoms with Crippen LogP contribution in [0.15, 0.2) is 5.16 Å². The van der Waals surface area contributed by atoms with Gasteiger partial charge in [-0.15, -0.1) is 0 Å². The fourth-order valence-corrected chi connectivity index (χ4v) is 0.339. The van der Waals surface area contributed by atoms with Crippen LogP contribution in [-0.2, 0) is 4.84 Å². The Hall–Kier alpha value is -0.900. The Morgan fingerprint density at radius 1 is 1.60 bits per heavy atom. The molecule has 4 nitrogen and oxygen atoms in total. The second kappa shape index (κ2) is 4.93. The summed E-state index contributed by atoms with van der Waals surface area (Å²) < 4.78 is 0. The van der Waals surface area contributed by atoms with Crippen LogP contribution < -0.4 is 5.32 Å². The summed E-state index contributed by atoms with van der Waals surface area (Å²) in [4.78, 5) is 4.65. The highest BCUT2D eigenvalue weighted by Crippen LogP contribution is 1.80. The van der Waals surface area contributed by atoms with E-state index in [0.29, 0.717) is 6.54 Å². The van der Waals surface area contributed by atoms with E-state index in [1.807, 2.05) is 13.8 Å². The number of hydrogen-bond acceptors (Lipinski definition) is 4. The van der Waals surface area contributed by atoms with Crippen LogP contribution in [0.3, 0.4) is 0 Å². The van der Waals surface area contributed by atoms with Crippen molar-refractivity contribution in [1.82, 2.24) is 5.32 Å². The first-order valence-corrected chi connectivity index (χ1v) is 3.07. The molecule has 0 aliphatic rings. The summed E-state index contributed by atoms with van der Waals surface area (Å²) >= 11 is 0. The van der Waals surface area contributed by atoms with E-state index in [1.54, 1.807) is 7.05 Å². The van der Waals surface area contributed by atoms with Gasteiger partial charge in [0.2, 0.25) is 5.90 Å². The van der Waals surface area contributed by atoms with Gasteiger partial charge >= 0.3 is 0 Å². The van der Waals surface area contributed by atoms with Crippen molar-refractivity contribution in [2.24, 2.45) is 5.16 Å². The van der Waals surface area contributed by atoms with Crippen molar-refractivity contribution in [2.45, 2.75) is 13.8 Å². The zero-order valence-electron chi connectivity index (χ0n) is 6.56. The molecule has 2 N–H and O–H groups in total. The molecule has 0 saturated carbocycles. The smallest absolute Gasteiger partial charge is 0.231 e. The molecule has 0 rings (SSSR count). The standard InChI is InChI=1S/C6H13N3O/c1-5(2)9-10-6(7)4-8-3/h7-8H,4H2,1-3H3. The van der Waals surface area contributed by atoms with Gasteiger partial charge in [-0.25, -0.2) is 0 Å². The van der Waals surface area contributed by atoms with E-state index in [4.69, 9.17) is 5.41 Å². The van der Waals surface area contributed by atoms with Crippen molar-refractivity contribution in [3.63, 3.8) is 0 Å².